The zero-order valence-corrected chi connectivity index (χ0v) is 24.0. The van der Waals surface area contributed by atoms with Gasteiger partial charge in [0.15, 0.2) is 0 Å². The quantitative estimate of drug-likeness (QED) is 0.0858. The van der Waals surface area contributed by atoms with Crippen molar-refractivity contribution in [3.8, 4) is 0 Å². The first-order valence-corrected chi connectivity index (χ1v) is 16.4. The molecule has 1 N–H and O–H groups in total. The Hall–Kier alpha value is 0.0700. The third-order valence-electron chi connectivity index (χ3n) is 7.57. The Labute approximate surface area is 212 Å². The van der Waals surface area contributed by atoms with Crippen LogP contribution in [0.4, 0.5) is 0 Å². The molecule has 0 amide bonds. The number of likely N-dealkylation sites (tertiary alicyclic amines) is 1. The van der Waals surface area contributed by atoms with E-state index in [1.54, 1.807) is 0 Å². The molecule has 0 spiro atoms. The minimum Gasteiger partial charge on any atom is -0.326 e. The molecule has 34 heavy (non-hydrogen) atoms. The van der Waals surface area contributed by atoms with Crippen LogP contribution in [0.3, 0.4) is 0 Å². The van der Waals surface area contributed by atoms with Gasteiger partial charge in [-0.25, -0.2) is 4.57 Å². The SMILES string of the molecule is CCCCCCCCCCCCCCCCCCOP(=O)(O)OC1CC[N+](C)(CCCC)CC1. The molecule has 1 aliphatic rings. The first-order valence-electron chi connectivity index (χ1n) is 14.9. The molecule has 1 atom stereocenters. The summed E-state index contributed by atoms with van der Waals surface area (Å²) < 4.78 is 24.1. The van der Waals surface area contributed by atoms with Crippen LogP contribution in [0.5, 0.6) is 0 Å². The molecule has 0 aromatic heterocycles. The van der Waals surface area contributed by atoms with Crippen LogP contribution in [0.2, 0.25) is 0 Å². The van der Waals surface area contributed by atoms with Gasteiger partial charge in [-0.05, 0) is 12.8 Å². The summed E-state index contributed by atoms with van der Waals surface area (Å²) in [5, 5.41) is 0. The van der Waals surface area contributed by atoms with Crippen LogP contribution in [0, 0.1) is 0 Å². The average Bonchev–Trinajstić information content (AvgIpc) is 2.81. The van der Waals surface area contributed by atoms with Gasteiger partial charge < -0.3 is 9.38 Å². The molecule has 204 valence electrons. The normalized spacial score (nSPS) is 22.6. The first kappa shape index (κ1) is 32.1. The molecule has 6 heteroatoms. The zero-order valence-electron chi connectivity index (χ0n) is 23.1. The van der Waals surface area contributed by atoms with Gasteiger partial charge in [0, 0.05) is 12.8 Å². The lowest BCUT2D eigenvalue weighted by molar-refractivity contribution is -0.915. The summed E-state index contributed by atoms with van der Waals surface area (Å²) in [6, 6.07) is 0. The highest BCUT2D eigenvalue weighted by Gasteiger charge is 2.34. The molecule has 0 saturated carbocycles. The van der Waals surface area contributed by atoms with Crippen LogP contribution in [0.25, 0.3) is 0 Å². The fourth-order valence-corrected chi connectivity index (χ4v) is 6.09. The van der Waals surface area contributed by atoms with Crippen molar-refractivity contribution < 1.29 is 23.0 Å². The number of phosphoric ester groups is 1. The van der Waals surface area contributed by atoms with Crippen LogP contribution in [0.1, 0.15) is 142 Å². The third kappa shape index (κ3) is 17.5. The van der Waals surface area contributed by atoms with Crippen molar-refractivity contribution in [1.29, 1.82) is 0 Å². The van der Waals surface area contributed by atoms with E-state index in [2.05, 4.69) is 20.9 Å². The predicted molar refractivity (Wildman–Crippen MR) is 145 cm³/mol. The van der Waals surface area contributed by atoms with E-state index in [0.717, 1.165) is 43.3 Å². The van der Waals surface area contributed by atoms with Crippen LogP contribution < -0.4 is 0 Å². The highest BCUT2D eigenvalue weighted by molar-refractivity contribution is 7.47. The minimum absolute atomic E-state index is 0.144. The highest BCUT2D eigenvalue weighted by Crippen LogP contribution is 2.46. The molecule has 0 aromatic carbocycles. The van der Waals surface area contributed by atoms with Crippen LogP contribution in [-0.4, -0.2) is 48.8 Å². The Bertz CT molecular complexity index is 509. The third-order valence-corrected chi connectivity index (χ3v) is 8.64. The molecular weight excluding hydrogens is 445 g/mol. The van der Waals surface area contributed by atoms with Gasteiger partial charge in [-0.1, -0.05) is 117 Å². The maximum absolute atomic E-state index is 12.3. The average molecular weight is 505 g/mol. The summed E-state index contributed by atoms with van der Waals surface area (Å²) in [5.41, 5.74) is 0. The summed E-state index contributed by atoms with van der Waals surface area (Å²) in [5.74, 6) is 0. The Balaban J connectivity index is 1.89. The molecular formula is C28H59NO4P+. The Morgan fingerprint density at radius 2 is 1.12 bits per heavy atom. The zero-order chi connectivity index (χ0) is 25.0. The fourth-order valence-electron chi connectivity index (χ4n) is 5.09. The van der Waals surface area contributed by atoms with Crippen molar-refractivity contribution in [2.24, 2.45) is 0 Å². The lowest BCUT2D eigenvalue weighted by Gasteiger charge is -2.40. The Kier molecular flexibility index (Phi) is 19.0. The largest absolute Gasteiger partial charge is 0.472 e. The van der Waals surface area contributed by atoms with E-state index in [0.29, 0.717) is 6.61 Å². The second kappa shape index (κ2) is 20.2. The van der Waals surface area contributed by atoms with Crippen molar-refractivity contribution in [2.45, 2.75) is 148 Å². The van der Waals surface area contributed by atoms with Gasteiger partial charge in [-0.2, -0.15) is 0 Å². The Morgan fingerprint density at radius 1 is 0.706 bits per heavy atom. The number of piperidine rings is 1. The van der Waals surface area contributed by atoms with Crippen LogP contribution >= 0.6 is 7.82 Å². The van der Waals surface area contributed by atoms with E-state index in [1.165, 1.54) is 109 Å². The fraction of sp³-hybridized carbons (Fsp3) is 1.00. The van der Waals surface area contributed by atoms with Gasteiger partial charge >= 0.3 is 7.82 Å². The van der Waals surface area contributed by atoms with Crippen molar-refractivity contribution in [3.63, 3.8) is 0 Å². The number of hydrogen-bond acceptors (Lipinski definition) is 3. The summed E-state index contributed by atoms with van der Waals surface area (Å²) in [6.07, 6.45) is 25.1. The predicted octanol–water partition coefficient (Wildman–Crippen LogP) is 8.79. The number of hydrogen-bond donors (Lipinski definition) is 1. The van der Waals surface area contributed by atoms with Crippen molar-refractivity contribution in [2.75, 3.05) is 33.3 Å². The molecule has 1 rings (SSSR count). The summed E-state index contributed by atoms with van der Waals surface area (Å²) >= 11 is 0. The monoisotopic (exact) mass is 504 g/mol. The number of rotatable bonds is 23. The van der Waals surface area contributed by atoms with Gasteiger partial charge in [0.2, 0.25) is 0 Å². The molecule has 5 nitrogen and oxygen atoms in total. The summed E-state index contributed by atoms with van der Waals surface area (Å²) in [4.78, 5) is 10.1. The number of quaternary nitrogens is 1. The first-order chi connectivity index (χ1) is 16.4. The molecule has 1 saturated heterocycles. The molecule has 1 fully saturated rings. The highest BCUT2D eigenvalue weighted by atomic mass is 31.2. The maximum Gasteiger partial charge on any atom is 0.472 e. The second-order valence-corrected chi connectivity index (χ2v) is 12.5. The topological polar surface area (TPSA) is 55.8 Å². The van der Waals surface area contributed by atoms with Gasteiger partial charge in [0.05, 0.1) is 39.4 Å². The van der Waals surface area contributed by atoms with Gasteiger partial charge in [-0.3, -0.25) is 9.05 Å². The number of phosphoric acid groups is 1. The summed E-state index contributed by atoms with van der Waals surface area (Å²) in [7, 11) is -1.63. The van der Waals surface area contributed by atoms with E-state index >= 15 is 0 Å². The summed E-state index contributed by atoms with van der Waals surface area (Å²) in [6.45, 7) is 8.05. The Morgan fingerprint density at radius 3 is 1.56 bits per heavy atom. The number of nitrogens with zero attached hydrogens (tertiary/aromatic N) is 1. The van der Waals surface area contributed by atoms with Gasteiger partial charge in [0.1, 0.15) is 0 Å². The van der Waals surface area contributed by atoms with Gasteiger partial charge in [-0.15, -0.1) is 0 Å². The molecule has 1 heterocycles. The molecule has 1 unspecified atom stereocenters. The van der Waals surface area contributed by atoms with Crippen molar-refractivity contribution in [3.05, 3.63) is 0 Å². The van der Waals surface area contributed by atoms with Crippen LogP contribution in [-0.2, 0) is 13.6 Å². The lowest BCUT2D eigenvalue weighted by atomic mass is 10.0. The van der Waals surface area contributed by atoms with Crippen molar-refractivity contribution >= 4 is 7.82 Å². The standard InChI is InChI=1S/C28H58NO4P/c1-4-6-8-9-10-11-12-13-14-15-16-17-18-19-20-21-27-32-34(30,31)33-28-22-25-29(3,26-23-28)24-7-5-2/h28H,4-27H2,1-3H3/p+1. The van der Waals surface area contributed by atoms with Crippen LogP contribution in [0.15, 0.2) is 0 Å². The van der Waals surface area contributed by atoms with E-state index in [9.17, 15) is 9.46 Å². The van der Waals surface area contributed by atoms with Crippen molar-refractivity contribution in [1.82, 2.24) is 0 Å². The smallest absolute Gasteiger partial charge is 0.326 e. The van der Waals surface area contributed by atoms with E-state index < -0.39 is 7.82 Å². The molecule has 0 bridgehead atoms. The number of unbranched alkanes of at least 4 members (excludes halogenated alkanes) is 16. The van der Waals surface area contributed by atoms with E-state index in [1.807, 2.05) is 0 Å². The maximum atomic E-state index is 12.3. The van der Waals surface area contributed by atoms with E-state index in [4.69, 9.17) is 9.05 Å². The van der Waals surface area contributed by atoms with Gasteiger partial charge in [0.25, 0.3) is 0 Å². The molecule has 0 aliphatic carbocycles. The molecule has 0 radical (unpaired) electrons. The molecule has 0 aromatic rings. The molecule has 1 aliphatic heterocycles. The van der Waals surface area contributed by atoms with E-state index in [-0.39, 0.29) is 6.10 Å². The second-order valence-electron chi connectivity index (χ2n) is 11.1. The lowest BCUT2D eigenvalue weighted by Crippen LogP contribution is -2.51. The minimum atomic E-state index is -3.92.